The summed E-state index contributed by atoms with van der Waals surface area (Å²) < 4.78 is 0. The van der Waals surface area contributed by atoms with Crippen LogP contribution in [0.5, 0.6) is 0 Å². The van der Waals surface area contributed by atoms with Crippen LogP contribution in [0.25, 0.3) is 0 Å². The number of carboxylic acids is 1. The number of carbonyl (C=O) groups is 2. The molecule has 6 heteroatoms. The fourth-order valence-corrected chi connectivity index (χ4v) is 3.96. The smallest absolute Gasteiger partial charge is 0.326 e. The number of benzene rings is 3. The van der Waals surface area contributed by atoms with Crippen molar-refractivity contribution < 1.29 is 14.7 Å². The SMILES string of the molecule is CC(C(=O)N[C@@H](Cc1c(Cl)cccc1Cl)C(=O)O)(c1ccccc1)c1ccccc1. The number of amides is 1. The fourth-order valence-electron chi connectivity index (χ4n) is 3.41. The maximum absolute atomic E-state index is 13.5. The predicted octanol–water partition coefficient (Wildman–Crippen LogP) is 5.11. The van der Waals surface area contributed by atoms with Gasteiger partial charge in [-0.05, 0) is 35.7 Å². The van der Waals surface area contributed by atoms with Crippen LogP contribution in [0, 0.1) is 0 Å². The van der Waals surface area contributed by atoms with Gasteiger partial charge in [0.05, 0.1) is 5.41 Å². The molecule has 0 fully saturated rings. The topological polar surface area (TPSA) is 66.4 Å². The predicted molar refractivity (Wildman–Crippen MR) is 119 cm³/mol. The highest BCUT2D eigenvalue weighted by Crippen LogP contribution is 2.33. The highest BCUT2D eigenvalue weighted by atomic mass is 35.5. The molecule has 4 nitrogen and oxygen atoms in total. The second-order valence-corrected chi connectivity index (χ2v) is 7.94. The Morgan fingerprint density at radius 2 is 1.33 bits per heavy atom. The van der Waals surface area contributed by atoms with E-state index in [0.29, 0.717) is 15.6 Å². The van der Waals surface area contributed by atoms with Crippen molar-refractivity contribution in [3.05, 3.63) is 106 Å². The standard InChI is InChI=1S/C24H21Cl2NO3/c1-24(16-9-4-2-5-10-16,17-11-6-3-7-12-17)23(30)27-21(22(28)29)15-18-19(25)13-8-14-20(18)26/h2-14,21H,15H2,1H3,(H,27,30)(H,28,29)/t21-/m0/s1. The fraction of sp³-hybridized carbons (Fsp3) is 0.167. The maximum Gasteiger partial charge on any atom is 0.326 e. The Bertz CT molecular complexity index is 979. The first-order chi connectivity index (χ1) is 14.3. The van der Waals surface area contributed by atoms with Crippen molar-refractivity contribution >= 4 is 35.1 Å². The summed E-state index contributed by atoms with van der Waals surface area (Å²) in [7, 11) is 0. The molecule has 3 aromatic carbocycles. The molecule has 154 valence electrons. The van der Waals surface area contributed by atoms with Crippen molar-refractivity contribution in [3.63, 3.8) is 0 Å². The number of aliphatic carboxylic acids is 1. The van der Waals surface area contributed by atoms with E-state index in [9.17, 15) is 14.7 Å². The molecule has 3 rings (SSSR count). The molecule has 1 atom stereocenters. The van der Waals surface area contributed by atoms with Crippen LogP contribution in [0.4, 0.5) is 0 Å². The third-order valence-electron chi connectivity index (χ3n) is 5.23. The molecule has 0 radical (unpaired) electrons. The summed E-state index contributed by atoms with van der Waals surface area (Å²) in [6, 6.07) is 22.3. The number of nitrogens with one attached hydrogen (secondary N) is 1. The minimum atomic E-state index is -1.19. The summed E-state index contributed by atoms with van der Waals surface area (Å²) in [6.07, 6.45) is -0.0285. The molecular weight excluding hydrogens is 421 g/mol. The second-order valence-electron chi connectivity index (χ2n) is 7.13. The molecule has 30 heavy (non-hydrogen) atoms. The van der Waals surface area contributed by atoms with Gasteiger partial charge in [0.2, 0.25) is 5.91 Å². The van der Waals surface area contributed by atoms with Crippen LogP contribution in [-0.4, -0.2) is 23.0 Å². The molecule has 0 spiro atoms. The lowest BCUT2D eigenvalue weighted by molar-refractivity contribution is -0.142. The van der Waals surface area contributed by atoms with E-state index in [2.05, 4.69) is 5.32 Å². The molecule has 0 saturated heterocycles. The molecule has 3 aromatic rings. The Morgan fingerprint density at radius 1 is 0.867 bits per heavy atom. The van der Waals surface area contributed by atoms with Gasteiger partial charge in [0.15, 0.2) is 0 Å². The van der Waals surface area contributed by atoms with Gasteiger partial charge >= 0.3 is 5.97 Å². The van der Waals surface area contributed by atoms with Crippen molar-refractivity contribution in [2.24, 2.45) is 0 Å². The number of rotatable bonds is 7. The zero-order valence-electron chi connectivity index (χ0n) is 16.3. The van der Waals surface area contributed by atoms with Gasteiger partial charge in [0, 0.05) is 16.5 Å². The molecule has 0 aromatic heterocycles. The van der Waals surface area contributed by atoms with Crippen LogP contribution in [0.3, 0.4) is 0 Å². The molecular formula is C24H21Cl2NO3. The van der Waals surface area contributed by atoms with Gasteiger partial charge < -0.3 is 10.4 Å². The Balaban J connectivity index is 1.97. The molecule has 0 saturated carbocycles. The van der Waals surface area contributed by atoms with E-state index in [0.717, 1.165) is 11.1 Å². The summed E-state index contributed by atoms with van der Waals surface area (Å²) in [5, 5.41) is 13.2. The minimum Gasteiger partial charge on any atom is -0.480 e. The highest BCUT2D eigenvalue weighted by molar-refractivity contribution is 6.36. The van der Waals surface area contributed by atoms with Gasteiger partial charge in [-0.2, -0.15) is 0 Å². The van der Waals surface area contributed by atoms with Gasteiger partial charge in [0.25, 0.3) is 0 Å². The zero-order valence-corrected chi connectivity index (χ0v) is 17.8. The third-order valence-corrected chi connectivity index (χ3v) is 5.94. The Kier molecular flexibility index (Phi) is 6.80. The van der Waals surface area contributed by atoms with E-state index in [1.165, 1.54) is 0 Å². The summed E-state index contributed by atoms with van der Waals surface area (Å²) in [4.78, 5) is 25.5. The zero-order chi connectivity index (χ0) is 21.7. The average molecular weight is 442 g/mol. The van der Waals surface area contributed by atoms with Crippen molar-refractivity contribution in [2.45, 2.75) is 24.8 Å². The maximum atomic E-state index is 13.5. The Hall–Kier alpha value is -2.82. The Morgan fingerprint density at radius 3 is 1.77 bits per heavy atom. The molecule has 1 amide bonds. The van der Waals surface area contributed by atoms with Crippen LogP contribution in [0.15, 0.2) is 78.9 Å². The van der Waals surface area contributed by atoms with E-state index < -0.39 is 23.3 Å². The van der Waals surface area contributed by atoms with Gasteiger partial charge in [-0.25, -0.2) is 4.79 Å². The molecule has 2 N–H and O–H groups in total. The molecule has 0 bridgehead atoms. The van der Waals surface area contributed by atoms with E-state index in [1.54, 1.807) is 25.1 Å². The van der Waals surface area contributed by atoms with Crippen molar-refractivity contribution in [2.75, 3.05) is 0 Å². The quantitative estimate of drug-likeness (QED) is 0.535. The van der Waals surface area contributed by atoms with Crippen LogP contribution < -0.4 is 5.32 Å². The molecule has 0 unspecified atom stereocenters. The normalized spacial score (nSPS) is 12.2. The van der Waals surface area contributed by atoms with Crippen molar-refractivity contribution in [1.82, 2.24) is 5.32 Å². The largest absolute Gasteiger partial charge is 0.480 e. The van der Waals surface area contributed by atoms with Crippen molar-refractivity contribution in [1.29, 1.82) is 0 Å². The summed E-state index contributed by atoms with van der Waals surface area (Å²) >= 11 is 12.4. The minimum absolute atomic E-state index is 0.0285. The monoisotopic (exact) mass is 441 g/mol. The summed E-state index contributed by atoms with van der Waals surface area (Å²) in [6.45, 7) is 1.79. The van der Waals surface area contributed by atoms with E-state index in [-0.39, 0.29) is 6.42 Å². The van der Waals surface area contributed by atoms with E-state index >= 15 is 0 Å². The first-order valence-corrected chi connectivity index (χ1v) is 10.2. The van der Waals surface area contributed by atoms with Gasteiger partial charge in [-0.3, -0.25) is 4.79 Å². The number of hydrogen-bond acceptors (Lipinski definition) is 2. The van der Waals surface area contributed by atoms with Crippen LogP contribution >= 0.6 is 23.2 Å². The van der Waals surface area contributed by atoms with Gasteiger partial charge in [-0.1, -0.05) is 89.9 Å². The van der Waals surface area contributed by atoms with Crippen LogP contribution in [0.2, 0.25) is 10.0 Å². The number of carbonyl (C=O) groups excluding carboxylic acids is 1. The average Bonchev–Trinajstić information content (AvgIpc) is 2.76. The second kappa shape index (κ2) is 9.33. The lowest BCUT2D eigenvalue weighted by atomic mass is 9.75. The van der Waals surface area contributed by atoms with Gasteiger partial charge in [0.1, 0.15) is 6.04 Å². The molecule has 0 aliphatic rings. The third kappa shape index (κ3) is 4.50. The highest BCUT2D eigenvalue weighted by Gasteiger charge is 2.39. The van der Waals surface area contributed by atoms with E-state index in [1.807, 2.05) is 60.7 Å². The van der Waals surface area contributed by atoms with Crippen LogP contribution in [0.1, 0.15) is 23.6 Å². The molecule has 0 aliphatic heterocycles. The summed E-state index contributed by atoms with van der Waals surface area (Å²) in [5.41, 5.74) is 0.914. The first-order valence-electron chi connectivity index (χ1n) is 9.41. The summed E-state index contributed by atoms with van der Waals surface area (Å²) in [5.74, 6) is -1.58. The van der Waals surface area contributed by atoms with Crippen molar-refractivity contribution in [3.8, 4) is 0 Å². The first kappa shape index (κ1) is 21.9. The van der Waals surface area contributed by atoms with Gasteiger partial charge in [-0.15, -0.1) is 0 Å². The van der Waals surface area contributed by atoms with E-state index in [4.69, 9.17) is 23.2 Å². The molecule has 0 heterocycles. The number of halogens is 2. The lowest BCUT2D eigenvalue weighted by Gasteiger charge is -2.31. The lowest BCUT2D eigenvalue weighted by Crippen LogP contribution is -2.50. The number of carboxylic acid groups (broad SMARTS) is 1. The Labute approximate surface area is 185 Å². The molecule has 0 aliphatic carbocycles. The number of hydrogen-bond donors (Lipinski definition) is 2. The van der Waals surface area contributed by atoms with Crippen LogP contribution in [-0.2, 0) is 21.4 Å².